The van der Waals surface area contributed by atoms with Crippen LogP contribution < -0.4 is 5.32 Å². The largest absolute Gasteiger partial charge is 0.314 e. The minimum absolute atomic E-state index is 0.303. The zero-order valence-electron chi connectivity index (χ0n) is 11.4. The Morgan fingerprint density at radius 1 is 1.31 bits per heavy atom. The van der Waals surface area contributed by atoms with Crippen LogP contribution in [-0.4, -0.2) is 28.3 Å². The third kappa shape index (κ3) is 9.10. The van der Waals surface area contributed by atoms with Crippen molar-refractivity contribution in [3.63, 3.8) is 0 Å². The summed E-state index contributed by atoms with van der Waals surface area (Å²) in [5.41, 5.74) is 1.39. The predicted octanol–water partition coefficient (Wildman–Crippen LogP) is 2.87. The van der Waals surface area contributed by atoms with Crippen molar-refractivity contribution in [3.8, 4) is 0 Å². The highest BCUT2D eigenvalue weighted by atomic mass is 32.2. The number of hydrogen-bond acceptors (Lipinski definition) is 2. The van der Waals surface area contributed by atoms with Crippen molar-refractivity contribution in [2.24, 2.45) is 0 Å². The van der Waals surface area contributed by atoms with Crippen molar-refractivity contribution in [3.05, 3.63) is 11.6 Å². The first-order chi connectivity index (χ1) is 7.43. The maximum absolute atomic E-state index is 11.1. The highest BCUT2D eigenvalue weighted by Crippen LogP contribution is 2.02. The van der Waals surface area contributed by atoms with E-state index < -0.39 is 10.8 Å². The molecule has 0 saturated carbocycles. The van der Waals surface area contributed by atoms with Crippen LogP contribution in [0.3, 0.4) is 0 Å². The zero-order valence-corrected chi connectivity index (χ0v) is 12.2. The van der Waals surface area contributed by atoms with Gasteiger partial charge in [-0.15, -0.1) is 0 Å². The minimum atomic E-state index is -0.686. The van der Waals surface area contributed by atoms with Crippen LogP contribution in [0.15, 0.2) is 11.6 Å². The first-order valence-electron chi connectivity index (χ1n) is 6.12. The van der Waals surface area contributed by atoms with E-state index in [2.05, 4.69) is 32.2 Å². The van der Waals surface area contributed by atoms with Crippen LogP contribution >= 0.6 is 0 Å². The predicted molar refractivity (Wildman–Crippen MR) is 74.3 cm³/mol. The van der Waals surface area contributed by atoms with E-state index in [1.54, 1.807) is 6.26 Å². The summed E-state index contributed by atoms with van der Waals surface area (Å²) in [7, 11) is -0.686. The van der Waals surface area contributed by atoms with Gasteiger partial charge in [0.15, 0.2) is 0 Å². The summed E-state index contributed by atoms with van der Waals surface area (Å²) < 4.78 is 11.1. The molecule has 0 fully saturated rings. The molecular weight excluding hydrogens is 218 g/mol. The van der Waals surface area contributed by atoms with Gasteiger partial charge in [-0.1, -0.05) is 18.6 Å². The van der Waals surface area contributed by atoms with Gasteiger partial charge in [0.25, 0.3) is 0 Å². The Balaban J connectivity index is 3.54. The van der Waals surface area contributed by atoms with Crippen LogP contribution in [-0.2, 0) is 10.8 Å². The van der Waals surface area contributed by atoms with Crippen molar-refractivity contribution in [1.82, 2.24) is 5.32 Å². The molecule has 16 heavy (non-hydrogen) atoms. The van der Waals surface area contributed by atoms with E-state index >= 15 is 0 Å². The molecule has 2 nitrogen and oxygen atoms in total. The molecule has 0 spiro atoms. The normalized spacial score (nSPS) is 16.6. The van der Waals surface area contributed by atoms with Gasteiger partial charge in [0, 0.05) is 28.3 Å². The molecule has 0 heterocycles. The number of allylic oxidation sites excluding steroid dienone is 2. The van der Waals surface area contributed by atoms with Crippen LogP contribution in [0.25, 0.3) is 0 Å². The van der Waals surface area contributed by atoms with Crippen LogP contribution in [0, 0.1) is 0 Å². The summed E-state index contributed by atoms with van der Waals surface area (Å²) in [6.07, 6.45) is 7.38. The SMILES string of the molecule is CC(C)=CCCC(C)NCCC(C)S(C)=O. The lowest BCUT2D eigenvalue weighted by Gasteiger charge is -2.14. The van der Waals surface area contributed by atoms with Crippen LogP contribution in [0.1, 0.15) is 47.0 Å². The second-order valence-corrected chi connectivity index (χ2v) is 6.61. The van der Waals surface area contributed by atoms with Gasteiger partial charge >= 0.3 is 0 Å². The fourth-order valence-corrected chi connectivity index (χ4v) is 1.87. The molecule has 96 valence electrons. The zero-order chi connectivity index (χ0) is 12.6. The number of hydrogen-bond donors (Lipinski definition) is 1. The van der Waals surface area contributed by atoms with Gasteiger partial charge < -0.3 is 5.32 Å². The molecule has 0 aliphatic heterocycles. The van der Waals surface area contributed by atoms with Crippen molar-refractivity contribution in [2.75, 3.05) is 12.8 Å². The molecule has 0 radical (unpaired) electrons. The summed E-state index contributed by atoms with van der Waals surface area (Å²) in [5.74, 6) is 0. The molecule has 0 rings (SSSR count). The minimum Gasteiger partial charge on any atom is -0.314 e. The summed E-state index contributed by atoms with van der Waals surface area (Å²) in [4.78, 5) is 0. The van der Waals surface area contributed by atoms with Crippen molar-refractivity contribution >= 4 is 10.8 Å². The van der Waals surface area contributed by atoms with E-state index in [9.17, 15) is 4.21 Å². The molecule has 0 aromatic heterocycles. The molecule has 0 aliphatic rings. The van der Waals surface area contributed by atoms with E-state index in [-0.39, 0.29) is 0 Å². The van der Waals surface area contributed by atoms with E-state index in [4.69, 9.17) is 0 Å². The average molecular weight is 245 g/mol. The Bertz CT molecular complexity index is 234. The number of rotatable bonds is 8. The molecule has 1 N–H and O–H groups in total. The quantitative estimate of drug-likeness (QED) is 0.666. The lowest BCUT2D eigenvalue weighted by Crippen LogP contribution is -2.29. The van der Waals surface area contributed by atoms with E-state index in [0.717, 1.165) is 19.4 Å². The summed E-state index contributed by atoms with van der Waals surface area (Å²) >= 11 is 0. The Morgan fingerprint density at radius 3 is 2.44 bits per heavy atom. The molecule has 0 aliphatic carbocycles. The Kier molecular flexibility index (Phi) is 8.86. The second-order valence-electron chi connectivity index (χ2n) is 4.81. The highest BCUT2D eigenvalue weighted by molar-refractivity contribution is 7.84. The second kappa shape index (κ2) is 8.94. The van der Waals surface area contributed by atoms with Crippen LogP contribution in [0.2, 0.25) is 0 Å². The molecule has 0 bridgehead atoms. The standard InChI is InChI=1S/C13H27NOS/c1-11(2)7-6-8-12(3)14-10-9-13(4)16(5)15/h7,12-14H,6,8-10H2,1-5H3. The van der Waals surface area contributed by atoms with Crippen LogP contribution in [0.5, 0.6) is 0 Å². The summed E-state index contributed by atoms with van der Waals surface area (Å²) in [5, 5.41) is 3.78. The lowest BCUT2D eigenvalue weighted by atomic mass is 10.1. The third-order valence-electron chi connectivity index (χ3n) is 2.76. The molecule has 0 aromatic rings. The Labute approximate surface area is 103 Å². The highest BCUT2D eigenvalue weighted by Gasteiger charge is 2.06. The lowest BCUT2D eigenvalue weighted by molar-refractivity contribution is 0.507. The maximum Gasteiger partial charge on any atom is 0.0329 e. The fraction of sp³-hybridized carbons (Fsp3) is 0.846. The van der Waals surface area contributed by atoms with Crippen molar-refractivity contribution in [1.29, 1.82) is 0 Å². The smallest absolute Gasteiger partial charge is 0.0329 e. The molecule has 3 heteroatoms. The number of nitrogens with one attached hydrogen (secondary N) is 1. The van der Waals surface area contributed by atoms with Crippen molar-refractivity contribution in [2.45, 2.75) is 58.2 Å². The molecular formula is C13H27NOS. The van der Waals surface area contributed by atoms with Gasteiger partial charge in [-0.05, 0) is 46.6 Å². The molecule has 0 aromatic carbocycles. The monoisotopic (exact) mass is 245 g/mol. The fourth-order valence-electron chi connectivity index (χ4n) is 1.42. The Morgan fingerprint density at radius 2 is 1.94 bits per heavy atom. The van der Waals surface area contributed by atoms with E-state index in [0.29, 0.717) is 11.3 Å². The topological polar surface area (TPSA) is 29.1 Å². The average Bonchev–Trinajstić information content (AvgIpc) is 2.16. The third-order valence-corrected chi connectivity index (χ3v) is 4.13. The van der Waals surface area contributed by atoms with Gasteiger partial charge in [0.2, 0.25) is 0 Å². The van der Waals surface area contributed by atoms with Gasteiger partial charge in [0.1, 0.15) is 0 Å². The van der Waals surface area contributed by atoms with Crippen LogP contribution in [0.4, 0.5) is 0 Å². The summed E-state index contributed by atoms with van der Waals surface area (Å²) in [6, 6.07) is 0.549. The first-order valence-corrected chi connectivity index (χ1v) is 7.74. The summed E-state index contributed by atoms with van der Waals surface area (Å²) in [6.45, 7) is 9.50. The Hall–Kier alpha value is -0.150. The molecule has 3 atom stereocenters. The first kappa shape index (κ1) is 15.9. The van der Waals surface area contributed by atoms with Gasteiger partial charge in [-0.3, -0.25) is 4.21 Å². The molecule has 3 unspecified atom stereocenters. The van der Waals surface area contributed by atoms with Gasteiger partial charge in [-0.2, -0.15) is 0 Å². The van der Waals surface area contributed by atoms with Gasteiger partial charge in [0.05, 0.1) is 0 Å². The van der Waals surface area contributed by atoms with E-state index in [1.165, 1.54) is 12.0 Å². The van der Waals surface area contributed by atoms with E-state index in [1.807, 2.05) is 6.92 Å². The molecule has 0 saturated heterocycles. The van der Waals surface area contributed by atoms with Crippen molar-refractivity contribution < 1.29 is 4.21 Å². The maximum atomic E-state index is 11.1. The molecule has 0 amide bonds. The van der Waals surface area contributed by atoms with Gasteiger partial charge in [-0.25, -0.2) is 0 Å².